The Labute approximate surface area is 111 Å². The second-order valence-corrected chi connectivity index (χ2v) is 3.40. The molecule has 0 fully saturated rings. The predicted octanol–water partition coefficient (Wildman–Crippen LogP) is 2.45. The van der Waals surface area contributed by atoms with E-state index in [-0.39, 0.29) is 18.5 Å². The molecule has 1 aromatic carbocycles. The summed E-state index contributed by atoms with van der Waals surface area (Å²) >= 11 is 0. The van der Waals surface area contributed by atoms with Crippen molar-refractivity contribution in [2.75, 3.05) is 6.61 Å². The number of hydrogen-bond acceptors (Lipinski definition) is 5. The van der Waals surface area contributed by atoms with Crippen LogP contribution in [0.3, 0.4) is 0 Å². The monoisotopic (exact) mass is 287 g/mol. The smallest absolute Gasteiger partial charge is 0.462 e. The summed E-state index contributed by atoms with van der Waals surface area (Å²) in [5, 5.41) is 8.78. The van der Waals surface area contributed by atoms with Gasteiger partial charge in [-0.3, -0.25) is 4.79 Å². The first-order valence-corrected chi connectivity index (χ1v) is 5.29. The lowest BCUT2D eigenvalue weighted by molar-refractivity contribution is -0.274. The van der Waals surface area contributed by atoms with Gasteiger partial charge in [-0.05, 0) is 19.1 Å². The van der Waals surface area contributed by atoms with E-state index in [1.807, 2.05) is 0 Å². The van der Waals surface area contributed by atoms with E-state index in [4.69, 9.17) is 5.26 Å². The number of carbonyl (C=O) groups excluding carboxylic acids is 2. The summed E-state index contributed by atoms with van der Waals surface area (Å²) in [5.74, 6) is -2.21. The van der Waals surface area contributed by atoms with Gasteiger partial charge >= 0.3 is 12.3 Å². The van der Waals surface area contributed by atoms with Crippen molar-refractivity contribution in [3.8, 4) is 11.8 Å². The van der Waals surface area contributed by atoms with Gasteiger partial charge in [0.2, 0.25) is 0 Å². The minimum atomic E-state index is -5.12. The molecule has 0 saturated heterocycles. The van der Waals surface area contributed by atoms with Crippen molar-refractivity contribution >= 4 is 12.3 Å². The summed E-state index contributed by atoms with van der Waals surface area (Å²) in [5.41, 5.74) is -1.61. The molecule has 0 aliphatic heterocycles. The second kappa shape index (κ2) is 6.06. The molecule has 8 heteroatoms. The molecule has 0 spiro atoms. The molecule has 106 valence electrons. The largest absolute Gasteiger partial charge is 0.573 e. The number of aldehydes is 1. The summed E-state index contributed by atoms with van der Waals surface area (Å²) in [4.78, 5) is 22.5. The van der Waals surface area contributed by atoms with Crippen LogP contribution in [0.5, 0.6) is 5.75 Å². The molecule has 0 N–H and O–H groups in total. The van der Waals surface area contributed by atoms with Crippen molar-refractivity contribution in [1.29, 1.82) is 5.26 Å². The zero-order valence-corrected chi connectivity index (χ0v) is 10.2. The van der Waals surface area contributed by atoms with E-state index in [0.717, 1.165) is 12.1 Å². The summed E-state index contributed by atoms with van der Waals surface area (Å²) in [7, 11) is 0. The van der Waals surface area contributed by atoms with Crippen LogP contribution in [0.15, 0.2) is 12.1 Å². The minimum Gasteiger partial charge on any atom is -0.462 e. The highest BCUT2D eigenvalue weighted by Crippen LogP contribution is 2.32. The van der Waals surface area contributed by atoms with E-state index in [9.17, 15) is 22.8 Å². The fourth-order valence-corrected chi connectivity index (χ4v) is 1.42. The van der Waals surface area contributed by atoms with E-state index in [1.165, 1.54) is 13.0 Å². The number of hydrogen-bond donors (Lipinski definition) is 0. The van der Waals surface area contributed by atoms with Gasteiger partial charge in [0.1, 0.15) is 11.6 Å². The number of rotatable bonds is 4. The fraction of sp³-hybridized carbons (Fsp3) is 0.250. The molecule has 0 aromatic heterocycles. The Hall–Kier alpha value is -2.56. The lowest BCUT2D eigenvalue weighted by atomic mass is 10.0. The van der Waals surface area contributed by atoms with E-state index < -0.39 is 29.2 Å². The van der Waals surface area contributed by atoms with Crippen molar-refractivity contribution in [2.45, 2.75) is 13.3 Å². The van der Waals surface area contributed by atoms with Gasteiger partial charge < -0.3 is 9.47 Å². The molecular weight excluding hydrogens is 279 g/mol. The quantitative estimate of drug-likeness (QED) is 0.628. The van der Waals surface area contributed by atoms with E-state index in [1.54, 1.807) is 0 Å². The molecule has 0 radical (unpaired) electrons. The number of nitrogens with zero attached hydrogens (tertiary/aromatic N) is 1. The topological polar surface area (TPSA) is 76.4 Å². The van der Waals surface area contributed by atoms with Gasteiger partial charge in [0, 0.05) is 5.56 Å². The lowest BCUT2D eigenvalue weighted by Gasteiger charge is -2.15. The SMILES string of the molecule is CCOC(=O)c1c(C=O)ccc(C#N)c1OC(F)(F)F. The highest BCUT2D eigenvalue weighted by atomic mass is 19.4. The average Bonchev–Trinajstić information content (AvgIpc) is 2.36. The highest BCUT2D eigenvalue weighted by Gasteiger charge is 2.35. The van der Waals surface area contributed by atoms with Crippen molar-refractivity contribution in [2.24, 2.45) is 0 Å². The Balaban J connectivity index is 3.53. The van der Waals surface area contributed by atoms with Crippen LogP contribution in [-0.2, 0) is 4.74 Å². The Morgan fingerprint density at radius 2 is 2.10 bits per heavy atom. The maximum Gasteiger partial charge on any atom is 0.573 e. The lowest BCUT2D eigenvalue weighted by Crippen LogP contribution is -2.21. The third kappa shape index (κ3) is 3.47. The Kier molecular flexibility index (Phi) is 4.69. The molecule has 0 aliphatic carbocycles. The number of benzene rings is 1. The molecule has 0 bridgehead atoms. The van der Waals surface area contributed by atoms with Gasteiger partial charge in [-0.1, -0.05) is 0 Å². The molecular formula is C12H8F3NO4. The fourth-order valence-electron chi connectivity index (χ4n) is 1.42. The molecule has 5 nitrogen and oxygen atoms in total. The molecule has 0 atom stereocenters. The summed E-state index contributed by atoms with van der Waals surface area (Å²) in [6.45, 7) is 1.33. The van der Waals surface area contributed by atoms with Gasteiger partial charge in [0.05, 0.1) is 12.2 Å². The van der Waals surface area contributed by atoms with Crippen LogP contribution in [0.1, 0.15) is 33.2 Å². The third-order valence-electron chi connectivity index (χ3n) is 2.13. The Morgan fingerprint density at radius 1 is 1.45 bits per heavy atom. The molecule has 0 heterocycles. The Bertz CT molecular complexity index is 575. The predicted molar refractivity (Wildman–Crippen MR) is 59.2 cm³/mol. The molecule has 0 aliphatic rings. The van der Waals surface area contributed by atoms with Gasteiger partial charge in [0.15, 0.2) is 12.0 Å². The summed E-state index contributed by atoms with van der Waals surface area (Å²) < 4.78 is 45.3. The van der Waals surface area contributed by atoms with Gasteiger partial charge in [-0.15, -0.1) is 13.2 Å². The number of halogens is 3. The van der Waals surface area contributed by atoms with E-state index in [0.29, 0.717) is 0 Å². The summed E-state index contributed by atoms with van der Waals surface area (Å²) in [6, 6.07) is 3.45. The van der Waals surface area contributed by atoms with Crippen LogP contribution in [0, 0.1) is 11.3 Å². The van der Waals surface area contributed by atoms with Crippen LogP contribution in [0.2, 0.25) is 0 Å². The first-order chi connectivity index (χ1) is 9.34. The van der Waals surface area contributed by atoms with Crippen LogP contribution in [0.25, 0.3) is 0 Å². The number of carbonyl (C=O) groups is 2. The first-order valence-electron chi connectivity index (χ1n) is 5.29. The third-order valence-corrected chi connectivity index (χ3v) is 2.13. The van der Waals surface area contributed by atoms with Crippen molar-refractivity contribution < 1.29 is 32.2 Å². The number of nitriles is 1. The van der Waals surface area contributed by atoms with Crippen molar-refractivity contribution in [1.82, 2.24) is 0 Å². The number of esters is 1. The van der Waals surface area contributed by atoms with Crippen LogP contribution < -0.4 is 4.74 Å². The maximum atomic E-state index is 12.4. The maximum absolute atomic E-state index is 12.4. The zero-order valence-electron chi connectivity index (χ0n) is 10.2. The summed E-state index contributed by atoms with van der Waals surface area (Å²) in [6.07, 6.45) is -4.94. The standard InChI is InChI=1S/C12H8F3NO4/c1-2-19-11(18)9-8(6-17)4-3-7(5-16)10(9)20-12(13,14)15/h3-4,6H,2H2,1H3. The molecule has 0 amide bonds. The first kappa shape index (κ1) is 15.5. The second-order valence-electron chi connectivity index (χ2n) is 3.40. The van der Waals surface area contributed by atoms with Crippen LogP contribution in [0.4, 0.5) is 13.2 Å². The van der Waals surface area contributed by atoms with Gasteiger partial charge in [-0.25, -0.2) is 4.79 Å². The van der Waals surface area contributed by atoms with Gasteiger partial charge in [-0.2, -0.15) is 5.26 Å². The highest BCUT2D eigenvalue weighted by molar-refractivity contribution is 6.01. The number of ether oxygens (including phenoxy) is 2. The van der Waals surface area contributed by atoms with Crippen LogP contribution in [-0.4, -0.2) is 25.2 Å². The van der Waals surface area contributed by atoms with Crippen LogP contribution >= 0.6 is 0 Å². The molecule has 1 aromatic rings. The molecule has 0 unspecified atom stereocenters. The van der Waals surface area contributed by atoms with E-state index >= 15 is 0 Å². The molecule has 0 saturated carbocycles. The zero-order chi connectivity index (χ0) is 15.3. The molecule has 20 heavy (non-hydrogen) atoms. The average molecular weight is 287 g/mol. The Morgan fingerprint density at radius 3 is 2.55 bits per heavy atom. The van der Waals surface area contributed by atoms with Crippen molar-refractivity contribution in [3.05, 3.63) is 28.8 Å². The van der Waals surface area contributed by atoms with Gasteiger partial charge in [0.25, 0.3) is 0 Å². The van der Waals surface area contributed by atoms with Crippen molar-refractivity contribution in [3.63, 3.8) is 0 Å². The normalized spacial score (nSPS) is 10.6. The van der Waals surface area contributed by atoms with E-state index in [2.05, 4.69) is 9.47 Å². The molecule has 1 rings (SSSR count). The minimum absolute atomic E-state index is 0.112. The number of alkyl halides is 3.